The van der Waals surface area contributed by atoms with E-state index in [2.05, 4.69) is 5.32 Å². The maximum Gasteiger partial charge on any atom is 0.324 e. The number of ether oxygens (including phenoxy) is 2. The molecule has 4 rings (SSSR count). The van der Waals surface area contributed by atoms with Crippen LogP contribution in [0.2, 0.25) is 0 Å². The summed E-state index contributed by atoms with van der Waals surface area (Å²) >= 11 is 0. The first kappa shape index (κ1) is 18.1. The summed E-state index contributed by atoms with van der Waals surface area (Å²) in [6.07, 6.45) is 0.409. The van der Waals surface area contributed by atoms with Crippen molar-refractivity contribution < 1.29 is 23.9 Å². The molecule has 1 unspecified atom stereocenters. The lowest BCUT2D eigenvalue weighted by Gasteiger charge is -2.21. The highest BCUT2D eigenvalue weighted by Gasteiger charge is 2.54. The molecule has 28 heavy (non-hydrogen) atoms. The summed E-state index contributed by atoms with van der Waals surface area (Å²) in [6.45, 7) is 0.577. The van der Waals surface area contributed by atoms with Gasteiger partial charge in [-0.15, -0.1) is 0 Å². The predicted octanol–water partition coefficient (Wildman–Crippen LogP) is 1.62. The molecule has 1 spiro atoms. The van der Waals surface area contributed by atoms with E-state index in [-0.39, 0.29) is 18.4 Å². The number of carbonyl (C=O) groups is 3. The second-order valence-corrected chi connectivity index (χ2v) is 7.12. The van der Waals surface area contributed by atoms with E-state index in [1.54, 1.807) is 31.3 Å². The molecule has 0 saturated carbocycles. The van der Waals surface area contributed by atoms with Gasteiger partial charge < -0.3 is 19.7 Å². The van der Waals surface area contributed by atoms with Gasteiger partial charge in [0.1, 0.15) is 5.54 Å². The van der Waals surface area contributed by atoms with Crippen molar-refractivity contribution in [2.75, 3.05) is 34.4 Å². The van der Waals surface area contributed by atoms with Crippen molar-refractivity contribution in [1.29, 1.82) is 0 Å². The normalized spacial score (nSPS) is 21.5. The molecular formula is C20H21N3O5. The Morgan fingerprint density at radius 1 is 1.07 bits per heavy atom. The Balaban J connectivity index is 1.61. The Morgan fingerprint density at radius 2 is 1.75 bits per heavy atom. The highest BCUT2D eigenvalue weighted by molar-refractivity contribution is 6.08. The molecule has 1 N–H and O–H groups in total. The minimum Gasteiger partial charge on any atom is -0.493 e. The van der Waals surface area contributed by atoms with E-state index >= 15 is 0 Å². The van der Waals surface area contributed by atoms with Crippen LogP contribution in [0.3, 0.4) is 0 Å². The van der Waals surface area contributed by atoms with E-state index in [0.29, 0.717) is 30.0 Å². The van der Waals surface area contributed by atoms with Crippen LogP contribution in [0.25, 0.3) is 10.8 Å². The number of methoxy groups -OCH3 is 2. The van der Waals surface area contributed by atoms with Gasteiger partial charge in [0.25, 0.3) is 11.8 Å². The molecule has 0 radical (unpaired) electrons. The van der Waals surface area contributed by atoms with Gasteiger partial charge in [-0.1, -0.05) is 6.07 Å². The van der Waals surface area contributed by atoms with Crippen LogP contribution in [0.15, 0.2) is 30.3 Å². The number of nitrogens with zero attached hydrogens (tertiary/aromatic N) is 2. The van der Waals surface area contributed by atoms with Crippen LogP contribution in [-0.2, 0) is 4.79 Å². The zero-order valence-electron chi connectivity index (χ0n) is 15.9. The largest absolute Gasteiger partial charge is 0.493 e. The summed E-state index contributed by atoms with van der Waals surface area (Å²) in [5, 5.41) is 4.51. The van der Waals surface area contributed by atoms with Crippen LogP contribution in [0.4, 0.5) is 4.79 Å². The van der Waals surface area contributed by atoms with E-state index in [1.165, 1.54) is 7.05 Å². The number of carbonyl (C=O) groups excluding carboxylic acids is 3. The minimum absolute atomic E-state index is 0.171. The van der Waals surface area contributed by atoms with Gasteiger partial charge in [0.2, 0.25) is 0 Å². The first-order valence-corrected chi connectivity index (χ1v) is 8.94. The average Bonchev–Trinajstić information content (AvgIpc) is 3.23. The standard InChI is InChI=1S/C20H21N3O5/c1-22-18(25)20(21-19(22)26)6-7-23(11-20)17(24)13-5-4-12-9-15(27-2)16(28-3)10-14(12)8-13/h4-5,8-10H,6-7,11H2,1-3H3,(H,21,26). The van der Waals surface area contributed by atoms with Crippen molar-refractivity contribution in [3.63, 3.8) is 0 Å². The number of amides is 4. The fourth-order valence-electron chi connectivity index (χ4n) is 3.91. The quantitative estimate of drug-likeness (QED) is 0.814. The number of fused-ring (bicyclic) bond motifs is 1. The zero-order valence-corrected chi connectivity index (χ0v) is 15.9. The maximum atomic E-state index is 13.0. The van der Waals surface area contributed by atoms with Crippen molar-refractivity contribution >= 4 is 28.6 Å². The summed E-state index contributed by atoms with van der Waals surface area (Å²) in [6, 6.07) is 8.66. The molecule has 2 saturated heterocycles. The van der Waals surface area contributed by atoms with E-state index in [9.17, 15) is 14.4 Å². The van der Waals surface area contributed by atoms with E-state index in [1.807, 2.05) is 18.2 Å². The van der Waals surface area contributed by atoms with Crippen LogP contribution >= 0.6 is 0 Å². The molecule has 4 amide bonds. The average molecular weight is 383 g/mol. The summed E-state index contributed by atoms with van der Waals surface area (Å²) in [5.74, 6) is 0.741. The summed E-state index contributed by atoms with van der Waals surface area (Å²) < 4.78 is 10.7. The number of nitrogens with one attached hydrogen (secondary N) is 1. The number of rotatable bonds is 3. The first-order valence-electron chi connectivity index (χ1n) is 8.94. The van der Waals surface area contributed by atoms with Crippen molar-refractivity contribution in [3.05, 3.63) is 35.9 Å². The fourth-order valence-corrected chi connectivity index (χ4v) is 3.91. The lowest BCUT2D eigenvalue weighted by molar-refractivity contribution is -0.129. The zero-order chi connectivity index (χ0) is 20.1. The Morgan fingerprint density at radius 3 is 2.36 bits per heavy atom. The molecule has 8 heteroatoms. The van der Waals surface area contributed by atoms with E-state index < -0.39 is 11.6 Å². The number of benzene rings is 2. The van der Waals surface area contributed by atoms with Crippen LogP contribution in [-0.4, -0.2) is 67.5 Å². The molecule has 0 aromatic heterocycles. The van der Waals surface area contributed by atoms with Crippen LogP contribution in [0, 0.1) is 0 Å². The third-order valence-corrected chi connectivity index (χ3v) is 5.51. The second-order valence-electron chi connectivity index (χ2n) is 7.12. The monoisotopic (exact) mass is 383 g/mol. The first-order chi connectivity index (χ1) is 13.4. The van der Waals surface area contributed by atoms with E-state index in [4.69, 9.17) is 9.47 Å². The maximum absolute atomic E-state index is 13.0. The molecule has 2 aromatic carbocycles. The number of likely N-dealkylation sites (tertiary alicyclic amines) is 1. The molecule has 2 heterocycles. The minimum atomic E-state index is -1.01. The summed E-state index contributed by atoms with van der Waals surface area (Å²) in [5.41, 5.74) is -0.489. The van der Waals surface area contributed by atoms with Crippen molar-refractivity contribution in [1.82, 2.24) is 15.1 Å². The number of hydrogen-bond acceptors (Lipinski definition) is 5. The number of urea groups is 1. The highest BCUT2D eigenvalue weighted by Crippen LogP contribution is 2.33. The topological polar surface area (TPSA) is 88.2 Å². The molecule has 2 aromatic rings. The molecular weight excluding hydrogens is 362 g/mol. The van der Waals surface area contributed by atoms with Crippen molar-refractivity contribution in [2.45, 2.75) is 12.0 Å². The Labute approximate surface area is 162 Å². The van der Waals surface area contributed by atoms with Gasteiger partial charge in [-0.25, -0.2) is 4.79 Å². The molecule has 2 fully saturated rings. The van der Waals surface area contributed by atoms with Gasteiger partial charge in [-0.3, -0.25) is 14.5 Å². The molecule has 0 aliphatic carbocycles. The lowest BCUT2D eigenvalue weighted by atomic mass is 9.99. The summed E-state index contributed by atoms with van der Waals surface area (Å²) in [4.78, 5) is 39.9. The van der Waals surface area contributed by atoms with Gasteiger partial charge in [0.05, 0.1) is 20.8 Å². The van der Waals surface area contributed by atoms with Crippen LogP contribution < -0.4 is 14.8 Å². The number of likely N-dealkylation sites (N-methyl/N-ethyl adjacent to an activating group) is 1. The van der Waals surface area contributed by atoms with Gasteiger partial charge in [0, 0.05) is 19.2 Å². The van der Waals surface area contributed by atoms with Gasteiger partial charge >= 0.3 is 6.03 Å². The number of hydrogen-bond donors (Lipinski definition) is 1. The fraction of sp³-hybridized carbons (Fsp3) is 0.350. The second kappa shape index (κ2) is 6.40. The third kappa shape index (κ3) is 2.64. The van der Waals surface area contributed by atoms with Gasteiger partial charge in [-0.2, -0.15) is 0 Å². The molecule has 146 valence electrons. The Hall–Kier alpha value is -3.29. The summed E-state index contributed by atoms with van der Waals surface area (Å²) in [7, 11) is 4.58. The molecule has 0 bridgehead atoms. The smallest absolute Gasteiger partial charge is 0.324 e. The Kier molecular flexibility index (Phi) is 4.14. The predicted molar refractivity (Wildman–Crippen MR) is 102 cm³/mol. The molecule has 2 aliphatic heterocycles. The van der Waals surface area contributed by atoms with Gasteiger partial charge in [0.15, 0.2) is 11.5 Å². The molecule has 1 atom stereocenters. The van der Waals surface area contributed by atoms with Gasteiger partial charge in [-0.05, 0) is 41.5 Å². The third-order valence-electron chi connectivity index (χ3n) is 5.51. The SMILES string of the molecule is COc1cc2ccc(C(=O)N3CCC4(C3)NC(=O)N(C)C4=O)cc2cc1OC. The van der Waals surface area contributed by atoms with E-state index in [0.717, 1.165) is 15.7 Å². The molecule has 8 nitrogen and oxygen atoms in total. The van der Waals surface area contributed by atoms with Crippen LogP contribution in [0.1, 0.15) is 16.8 Å². The lowest BCUT2D eigenvalue weighted by Crippen LogP contribution is -2.49. The highest BCUT2D eigenvalue weighted by atomic mass is 16.5. The van der Waals surface area contributed by atoms with Crippen LogP contribution in [0.5, 0.6) is 11.5 Å². The van der Waals surface area contributed by atoms with Crippen molar-refractivity contribution in [2.24, 2.45) is 0 Å². The Bertz CT molecular complexity index is 1000. The molecule has 2 aliphatic rings. The number of imide groups is 1. The van der Waals surface area contributed by atoms with Crippen molar-refractivity contribution in [3.8, 4) is 11.5 Å².